The van der Waals surface area contributed by atoms with Crippen LogP contribution in [-0.2, 0) is 0 Å². The lowest BCUT2D eigenvalue weighted by Crippen LogP contribution is -2.11. The summed E-state index contributed by atoms with van der Waals surface area (Å²) in [6.07, 6.45) is 8.81. The van der Waals surface area contributed by atoms with Crippen LogP contribution in [-0.4, -0.2) is 22.3 Å². The van der Waals surface area contributed by atoms with E-state index in [1.807, 2.05) is 25.1 Å². The van der Waals surface area contributed by atoms with Crippen LogP contribution < -0.4 is 9.46 Å². The molecule has 2 aliphatic rings. The molecule has 0 radical (unpaired) electrons. The highest BCUT2D eigenvalue weighted by Crippen LogP contribution is 2.45. The van der Waals surface area contributed by atoms with Crippen molar-refractivity contribution >= 4 is 23.6 Å². The molecule has 5 rings (SSSR count). The van der Waals surface area contributed by atoms with Gasteiger partial charge in [0.05, 0.1) is 23.6 Å². The fraction of sp³-hybridized carbons (Fsp3) is 0.360. The van der Waals surface area contributed by atoms with Gasteiger partial charge < -0.3 is 19.1 Å². The van der Waals surface area contributed by atoms with E-state index in [2.05, 4.69) is 15.9 Å². The molecule has 166 valence electrons. The number of nitrogens with one attached hydrogen (secondary N) is 1. The van der Waals surface area contributed by atoms with E-state index < -0.39 is 5.97 Å². The molecule has 0 unspecified atom stereocenters. The molecule has 0 bridgehead atoms. The molecular weight excluding hydrogens is 424 g/mol. The van der Waals surface area contributed by atoms with Gasteiger partial charge in [0.1, 0.15) is 11.5 Å². The second-order valence-corrected chi connectivity index (χ2v) is 9.42. The van der Waals surface area contributed by atoms with Crippen LogP contribution in [0.4, 0.5) is 5.69 Å². The summed E-state index contributed by atoms with van der Waals surface area (Å²) < 4.78 is 15.1. The van der Waals surface area contributed by atoms with Crippen LogP contribution in [0, 0.1) is 6.92 Å². The smallest absolute Gasteiger partial charge is 0.335 e. The number of carboxylic acid groups (broad SMARTS) is 1. The maximum atomic E-state index is 11.5. The predicted molar refractivity (Wildman–Crippen MR) is 124 cm³/mol. The van der Waals surface area contributed by atoms with Crippen molar-refractivity contribution < 1.29 is 19.2 Å². The van der Waals surface area contributed by atoms with Crippen molar-refractivity contribution in [1.82, 2.24) is 5.16 Å². The molecule has 3 aromatic rings. The first-order valence-electron chi connectivity index (χ1n) is 11.1. The van der Waals surface area contributed by atoms with E-state index in [0.717, 1.165) is 58.9 Å². The average molecular weight is 451 g/mol. The number of benzene rings is 2. The van der Waals surface area contributed by atoms with Gasteiger partial charge in [-0.1, -0.05) is 17.3 Å². The zero-order valence-corrected chi connectivity index (χ0v) is 18.8. The Labute approximate surface area is 191 Å². The number of rotatable bonds is 8. The number of nitrogens with zero attached hydrogens (tertiary/aromatic N) is 1. The second-order valence-electron chi connectivity index (χ2n) is 8.57. The maximum Gasteiger partial charge on any atom is 0.335 e. The Hall–Kier alpha value is -2.93. The van der Waals surface area contributed by atoms with Gasteiger partial charge in [0.15, 0.2) is 0 Å². The summed E-state index contributed by atoms with van der Waals surface area (Å²) in [6.45, 7) is 1.90. The number of carboxylic acids is 1. The highest BCUT2D eigenvalue weighted by molar-refractivity contribution is 8.00. The molecule has 0 aliphatic heterocycles. The SMILES string of the molecule is Cc1oncc1-c1ccc(OC2CCCC2)c(NSc2cc(C(=O)O)ccc2C2CC2)c1. The van der Waals surface area contributed by atoms with E-state index in [4.69, 9.17) is 9.26 Å². The number of aromatic carboxylic acids is 1. The zero-order chi connectivity index (χ0) is 22.1. The molecule has 32 heavy (non-hydrogen) atoms. The van der Waals surface area contributed by atoms with Gasteiger partial charge in [0, 0.05) is 10.5 Å². The molecule has 1 heterocycles. The lowest BCUT2D eigenvalue weighted by molar-refractivity contribution is 0.0696. The Morgan fingerprint density at radius 2 is 1.97 bits per heavy atom. The van der Waals surface area contributed by atoms with E-state index in [-0.39, 0.29) is 6.10 Å². The van der Waals surface area contributed by atoms with Crippen molar-refractivity contribution in [2.75, 3.05) is 4.72 Å². The summed E-state index contributed by atoms with van der Waals surface area (Å²) >= 11 is 1.45. The highest BCUT2D eigenvalue weighted by atomic mass is 32.2. The van der Waals surface area contributed by atoms with Crippen molar-refractivity contribution in [3.63, 3.8) is 0 Å². The standard InChI is InChI=1S/C25H26N2O4S/c1-15-21(14-26-31-15)17-9-11-23(30-19-4-2-3-5-19)22(12-17)27-32-24-13-18(25(28)29)8-10-20(24)16-6-7-16/h8-14,16,19,27H,2-7H2,1H3,(H,28,29). The highest BCUT2D eigenvalue weighted by Gasteiger charge is 2.27. The van der Waals surface area contributed by atoms with Gasteiger partial charge in [0.2, 0.25) is 0 Å². The van der Waals surface area contributed by atoms with Gasteiger partial charge in [0.25, 0.3) is 0 Å². The van der Waals surface area contributed by atoms with Crippen LogP contribution >= 0.6 is 11.9 Å². The Morgan fingerprint density at radius 3 is 2.66 bits per heavy atom. The number of hydrogen-bond donors (Lipinski definition) is 2. The molecule has 7 heteroatoms. The van der Waals surface area contributed by atoms with E-state index in [1.54, 1.807) is 18.3 Å². The molecule has 1 aromatic heterocycles. The van der Waals surface area contributed by atoms with E-state index in [0.29, 0.717) is 11.5 Å². The molecular formula is C25H26N2O4S. The van der Waals surface area contributed by atoms with Crippen LogP contribution in [0.25, 0.3) is 11.1 Å². The monoisotopic (exact) mass is 450 g/mol. The minimum Gasteiger partial charge on any atom is -0.488 e. The number of aryl methyl sites for hydroxylation is 1. The fourth-order valence-electron chi connectivity index (χ4n) is 4.24. The fourth-order valence-corrected chi connectivity index (χ4v) is 5.16. The minimum atomic E-state index is -0.913. The molecule has 2 N–H and O–H groups in total. The first-order valence-corrected chi connectivity index (χ1v) is 11.9. The van der Waals surface area contributed by atoms with Gasteiger partial charge >= 0.3 is 5.97 Å². The summed E-state index contributed by atoms with van der Waals surface area (Å²) in [5.41, 5.74) is 4.30. The molecule has 0 saturated heterocycles. The molecule has 0 spiro atoms. The number of hydrogen-bond acceptors (Lipinski definition) is 6. The average Bonchev–Trinajstić information content (AvgIpc) is 3.34. The third-order valence-corrected chi connectivity index (χ3v) is 7.08. The first-order chi connectivity index (χ1) is 15.6. The lowest BCUT2D eigenvalue weighted by Gasteiger charge is -2.19. The third kappa shape index (κ3) is 4.48. The molecule has 0 amide bonds. The number of ether oxygens (including phenoxy) is 1. The summed E-state index contributed by atoms with van der Waals surface area (Å²) in [4.78, 5) is 12.5. The zero-order valence-electron chi connectivity index (χ0n) is 18.0. The minimum absolute atomic E-state index is 0.237. The molecule has 2 aromatic carbocycles. The third-order valence-electron chi connectivity index (χ3n) is 6.19. The predicted octanol–water partition coefficient (Wildman–Crippen LogP) is 6.67. The van der Waals surface area contributed by atoms with Crippen molar-refractivity contribution in [3.05, 3.63) is 59.5 Å². The summed E-state index contributed by atoms with van der Waals surface area (Å²) in [5, 5.41) is 13.4. The van der Waals surface area contributed by atoms with Crippen molar-refractivity contribution in [3.8, 4) is 16.9 Å². The molecule has 2 aliphatic carbocycles. The Bertz CT molecular complexity index is 1130. The van der Waals surface area contributed by atoms with Gasteiger partial charge in [-0.15, -0.1) is 0 Å². The van der Waals surface area contributed by atoms with Gasteiger partial charge in [-0.2, -0.15) is 0 Å². The summed E-state index contributed by atoms with van der Waals surface area (Å²) in [7, 11) is 0. The maximum absolute atomic E-state index is 11.5. The molecule has 0 atom stereocenters. The number of aromatic nitrogens is 1. The normalized spacial score (nSPS) is 16.3. The summed E-state index contributed by atoms with van der Waals surface area (Å²) in [6, 6.07) is 11.5. The van der Waals surface area contributed by atoms with Gasteiger partial charge in [-0.05, 0) is 98.7 Å². The number of anilines is 1. The second kappa shape index (κ2) is 8.90. The lowest BCUT2D eigenvalue weighted by atomic mass is 10.1. The molecule has 2 fully saturated rings. The van der Waals surface area contributed by atoms with Crippen LogP contribution in [0.1, 0.15) is 66.1 Å². The van der Waals surface area contributed by atoms with Gasteiger partial charge in [-0.25, -0.2) is 4.79 Å². The Balaban J connectivity index is 1.45. The summed E-state index contributed by atoms with van der Waals surface area (Å²) in [5.74, 6) is 1.18. The van der Waals surface area contributed by atoms with Crippen molar-refractivity contribution in [2.24, 2.45) is 0 Å². The largest absolute Gasteiger partial charge is 0.488 e. The quantitative estimate of drug-likeness (QED) is 0.371. The van der Waals surface area contributed by atoms with Crippen molar-refractivity contribution in [1.29, 1.82) is 0 Å². The van der Waals surface area contributed by atoms with Crippen molar-refractivity contribution in [2.45, 2.75) is 62.4 Å². The topological polar surface area (TPSA) is 84.6 Å². The van der Waals surface area contributed by atoms with Crippen LogP contribution in [0.15, 0.2) is 52.0 Å². The first kappa shape index (κ1) is 20.9. The Morgan fingerprint density at radius 1 is 1.16 bits per heavy atom. The van der Waals surface area contributed by atoms with E-state index in [9.17, 15) is 9.90 Å². The van der Waals surface area contributed by atoms with E-state index >= 15 is 0 Å². The van der Waals surface area contributed by atoms with E-state index in [1.165, 1.54) is 30.4 Å². The molecule has 6 nitrogen and oxygen atoms in total. The van der Waals surface area contributed by atoms with Crippen LogP contribution in [0.5, 0.6) is 5.75 Å². The van der Waals surface area contributed by atoms with Crippen LogP contribution in [0.3, 0.4) is 0 Å². The number of carbonyl (C=O) groups is 1. The molecule has 2 saturated carbocycles. The van der Waals surface area contributed by atoms with Gasteiger partial charge in [-0.3, -0.25) is 0 Å². The van der Waals surface area contributed by atoms with Crippen LogP contribution in [0.2, 0.25) is 0 Å². The Kier molecular flexibility index (Phi) is 5.83.